The van der Waals surface area contributed by atoms with Gasteiger partial charge in [0.15, 0.2) is 5.96 Å². The van der Waals surface area contributed by atoms with Crippen LogP contribution in [0.25, 0.3) is 0 Å². The zero-order chi connectivity index (χ0) is 20.4. The summed E-state index contributed by atoms with van der Waals surface area (Å²) in [5.74, 6) is 0.779. The van der Waals surface area contributed by atoms with Gasteiger partial charge in [0.05, 0.1) is 6.54 Å². The Labute approximate surface area is 167 Å². The number of aryl methyl sites for hydroxylation is 1. The van der Waals surface area contributed by atoms with Crippen LogP contribution < -0.4 is 21.3 Å². The number of nitrogens with one attached hydrogen (secondary N) is 4. The van der Waals surface area contributed by atoms with E-state index >= 15 is 0 Å². The summed E-state index contributed by atoms with van der Waals surface area (Å²) in [5, 5.41) is 12.2. The molecule has 0 aliphatic heterocycles. The molecule has 28 heavy (non-hydrogen) atoms. The number of carbonyl (C=O) groups is 1. The SMILES string of the molecule is CCNC(=NCc1ccc(NC(=O)NC(C)C)cc1)NCc1ccc(C)cc1. The molecule has 4 N–H and O–H groups in total. The summed E-state index contributed by atoms with van der Waals surface area (Å²) in [5.41, 5.74) is 4.30. The Morgan fingerprint density at radius 2 is 1.61 bits per heavy atom. The Bertz CT molecular complexity index is 767. The van der Waals surface area contributed by atoms with Gasteiger partial charge in [-0.05, 0) is 51.0 Å². The molecule has 2 aromatic rings. The topological polar surface area (TPSA) is 77.5 Å². The van der Waals surface area contributed by atoms with E-state index in [2.05, 4.69) is 57.4 Å². The molecule has 0 saturated carbocycles. The number of aliphatic imine (C=N–C) groups is 1. The second-order valence-corrected chi connectivity index (χ2v) is 6.98. The fourth-order valence-electron chi connectivity index (χ4n) is 2.53. The zero-order valence-electron chi connectivity index (χ0n) is 17.2. The standard InChI is InChI=1S/C22H31N5O/c1-5-23-21(24-14-18-8-6-17(4)7-9-18)25-15-19-10-12-20(13-11-19)27-22(28)26-16(2)3/h6-13,16H,5,14-15H2,1-4H3,(H2,23,24,25)(H2,26,27,28). The third-order valence-electron chi connectivity index (χ3n) is 3.98. The van der Waals surface area contributed by atoms with Crippen LogP contribution in [-0.2, 0) is 13.1 Å². The first-order chi connectivity index (χ1) is 13.5. The van der Waals surface area contributed by atoms with E-state index in [0.29, 0.717) is 6.54 Å². The molecular weight excluding hydrogens is 350 g/mol. The van der Waals surface area contributed by atoms with E-state index < -0.39 is 0 Å². The third kappa shape index (κ3) is 7.70. The molecule has 0 fully saturated rings. The first-order valence-corrected chi connectivity index (χ1v) is 9.70. The molecule has 150 valence electrons. The number of anilines is 1. The van der Waals surface area contributed by atoms with Crippen molar-refractivity contribution in [1.82, 2.24) is 16.0 Å². The van der Waals surface area contributed by atoms with Gasteiger partial charge in [0.2, 0.25) is 0 Å². The van der Waals surface area contributed by atoms with Crippen LogP contribution in [0, 0.1) is 6.92 Å². The Morgan fingerprint density at radius 3 is 2.21 bits per heavy atom. The highest BCUT2D eigenvalue weighted by Gasteiger charge is 2.03. The molecule has 0 bridgehead atoms. The van der Waals surface area contributed by atoms with Crippen LogP contribution in [0.2, 0.25) is 0 Å². The van der Waals surface area contributed by atoms with E-state index in [1.807, 2.05) is 45.0 Å². The average Bonchev–Trinajstić information content (AvgIpc) is 2.66. The van der Waals surface area contributed by atoms with Crippen LogP contribution in [0.5, 0.6) is 0 Å². The Balaban J connectivity index is 1.90. The molecule has 2 rings (SSSR count). The number of hydrogen-bond acceptors (Lipinski definition) is 2. The lowest BCUT2D eigenvalue weighted by Gasteiger charge is -2.12. The lowest BCUT2D eigenvalue weighted by Crippen LogP contribution is -2.36. The lowest BCUT2D eigenvalue weighted by molar-refractivity contribution is 0.250. The Morgan fingerprint density at radius 1 is 0.964 bits per heavy atom. The van der Waals surface area contributed by atoms with Gasteiger partial charge < -0.3 is 21.3 Å². The van der Waals surface area contributed by atoms with E-state index in [1.165, 1.54) is 11.1 Å². The summed E-state index contributed by atoms with van der Waals surface area (Å²) < 4.78 is 0. The molecule has 2 aromatic carbocycles. The summed E-state index contributed by atoms with van der Waals surface area (Å²) >= 11 is 0. The number of rotatable bonds is 7. The van der Waals surface area contributed by atoms with Crippen LogP contribution in [0.15, 0.2) is 53.5 Å². The van der Waals surface area contributed by atoms with Gasteiger partial charge in [-0.15, -0.1) is 0 Å². The fourth-order valence-corrected chi connectivity index (χ4v) is 2.53. The highest BCUT2D eigenvalue weighted by Crippen LogP contribution is 2.10. The molecule has 2 amide bonds. The van der Waals surface area contributed by atoms with E-state index in [-0.39, 0.29) is 12.1 Å². The first-order valence-electron chi connectivity index (χ1n) is 9.70. The molecule has 0 saturated heterocycles. The fraction of sp³-hybridized carbons (Fsp3) is 0.364. The van der Waals surface area contributed by atoms with Gasteiger partial charge in [-0.3, -0.25) is 0 Å². The van der Waals surface area contributed by atoms with Crippen molar-refractivity contribution >= 4 is 17.7 Å². The minimum Gasteiger partial charge on any atom is -0.357 e. The molecule has 0 atom stereocenters. The number of hydrogen-bond donors (Lipinski definition) is 4. The molecule has 0 radical (unpaired) electrons. The molecule has 0 aromatic heterocycles. The number of nitrogens with zero attached hydrogens (tertiary/aromatic N) is 1. The normalized spacial score (nSPS) is 11.2. The number of amides is 2. The zero-order valence-corrected chi connectivity index (χ0v) is 17.2. The van der Waals surface area contributed by atoms with Crippen LogP contribution >= 0.6 is 0 Å². The molecule has 0 heterocycles. The van der Waals surface area contributed by atoms with Crippen molar-refractivity contribution in [2.75, 3.05) is 11.9 Å². The van der Waals surface area contributed by atoms with Crippen molar-refractivity contribution in [3.8, 4) is 0 Å². The summed E-state index contributed by atoms with van der Waals surface area (Å²) in [6, 6.07) is 16.1. The maximum Gasteiger partial charge on any atom is 0.319 e. The molecule has 0 spiro atoms. The van der Waals surface area contributed by atoms with Crippen LogP contribution in [0.1, 0.15) is 37.5 Å². The van der Waals surface area contributed by atoms with E-state index in [0.717, 1.165) is 30.3 Å². The molecule has 0 aliphatic rings. The minimum absolute atomic E-state index is 0.102. The third-order valence-corrected chi connectivity index (χ3v) is 3.98. The van der Waals surface area contributed by atoms with E-state index in [9.17, 15) is 4.79 Å². The average molecular weight is 382 g/mol. The van der Waals surface area contributed by atoms with Crippen molar-refractivity contribution in [1.29, 1.82) is 0 Å². The monoisotopic (exact) mass is 381 g/mol. The minimum atomic E-state index is -0.199. The largest absolute Gasteiger partial charge is 0.357 e. The van der Waals surface area contributed by atoms with Crippen molar-refractivity contribution in [2.45, 2.75) is 46.8 Å². The Kier molecular flexibility index (Phi) is 8.34. The number of benzene rings is 2. The highest BCUT2D eigenvalue weighted by atomic mass is 16.2. The molecule has 6 heteroatoms. The van der Waals surface area contributed by atoms with E-state index in [1.54, 1.807) is 0 Å². The van der Waals surface area contributed by atoms with Crippen LogP contribution in [0.4, 0.5) is 10.5 Å². The molecule has 0 unspecified atom stereocenters. The summed E-state index contributed by atoms with van der Waals surface area (Å²) in [7, 11) is 0. The molecular formula is C22H31N5O. The van der Waals surface area contributed by atoms with E-state index in [4.69, 9.17) is 0 Å². The van der Waals surface area contributed by atoms with Crippen molar-refractivity contribution in [3.63, 3.8) is 0 Å². The maximum atomic E-state index is 11.7. The van der Waals surface area contributed by atoms with Gasteiger partial charge in [0, 0.05) is 24.8 Å². The van der Waals surface area contributed by atoms with Gasteiger partial charge in [0.25, 0.3) is 0 Å². The number of guanidine groups is 1. The predicted molar refractivity (Wildman–Crippen MR) is 117 cm³/mol. The predicted octanol–water partition coefficient (Wildman–Crippen LogP) is 3.78. The molecule has 0 aliphatic carbocycles. The number of urea groups is 1. The van der Waals surface area contributed by atoms with Crippen LogP contribution in [0.3, 0.4) is 0 Å². The van der Waals surface area contributed by atoms with Crippen molar-refractivity contribution < 1.29 is 4.79 Å². The number of carbonyl (C=O) groups excluding carboxylic acids is 1. The maximum absolute atomic E-state index is 11.7. The Hall–Kier alpha value is -3.02. The molecule has 6 nitrogen and oxygen atoms in total. The summed E-state index contributed by atoms with van der Waals surface area (Å²) in [6.07, 6.45) is 0. The lowest BCUT2D eigenvalue weighted by atomic mass is 10.1. The summed E-state index contributed by atoms with van der Waals surface area (Å²) in [4.78, 5) is 16.4. The van der Waals surface area contributed by atoms with Gasteiger partial charge >= 0.3 is 6.03 Å². The van der Waals surface area contributed by atoms with Gasteiger partial charge in [-0.25, -0.2) is 9.79 Å². The quantitative estimate of drug-likeness (QED) is 0.435. The second kappa shape index (κ2) is 11.0. The van der Waals surface area contributed by atoms with Crippen LogP contribution in [-0.4, -0.2) is 24.6 Å². The van der Waals surface area contributed by atoms with Gasteiger partial charge in [0.1, 0.15) is 0 Å². The highest BCUT2D eigenvalue weighted by molar-refractivity contribution is 5.89. The van der Waals surface area contributed by atoms with Gasteiger partial charge in [-0.1, -0.05) is 42.0 Å². The van der Waals surface area contributed by atoms with Crippen molar-refractivity contribution in [3.05, 3.63) is 65.2 Å². The van der Waals surface area contributed by atoms with Crippen molar-refractivity contribution in [2.24, 2.45) is 4.99 Å². The smallest absolute Gasteiger partial charge is 0.319 e. The van der Waals surface area contributed by atoms with Gasteiger partial charge in [-0.2, -0.15) is 0 Å². The summed E-state index contributed by atoms with van der Waals surface area (Å²) in [6.45, 7) is 10.1. The first kappa shape index (κ1) is 21.3. The second-order valence-electron chi connectivity index (χ2n) is 6.98.